The van der Waals surface area contributed by atoms with Gasteiger partial charge in [-0.3, -0.25) is 4.90 Å². The van der Waals surface area contributed by atoms with Crippen LogP contribution in [-0.4, -0.2) is 29.6 Å². The van der Waals surface area contributed by atoms with Gasteiger partial charge in [-0.1, -0.05) is 25.1 Å². The summed E-state index contributed by atoms with van der Waals surface area (Å²) in [7, 11) is 0. The van der Waals surface area contributed by atoms with Gasteiger partial charge in [0.05, 0.1) is 0 Å². The Morgan fingerprint density at radius 3 is 2.82 bits per heavy atom. The molecule has 3 heteroatoms. The predicted molar refractivity (Wildman–Crippen MR) is 69.9 cm³/mol. The number of para-hydroxylation sites is 1. The van der Waals surface area contributed by atoms with E-state index in [0.29, 0.717) is 17.7 Å². The fourth-order valence-electron chi connectivity index (χ4n) is 2.78. The van der Waals surface area contributed by atoms with Crippen molar-refractivity contribution in [2.75, 3.05) is 19.6 Å². The Bertz CT molecular complexity index is 367. The molecular weight excluding hydrogens is 212 g/mol. The van der Waals surface area contributed by atoms with E-state index in [4.69, 9.17) is 5.73 Å². The summed E-state index contributed by atoms with van der Waals surface area (Å²) in [5.41, 5.74) is 6.78. The van der Waals surface area contributed by atoms with Crippen molar-refractivity contribution in [3.63, 3.8) is 0 Å². The van der Waals surface area contributed by atoms with Gasteiger partial charge >= 0.3 is 0 Å². The lowest BCUT2D eigenvalue weighted by Crippen LogP contribution is -2.27. The van der Waals surface area contributed by atoms with Crippen LogP contribution in [0.1, 0.15) is 31.4 Å². The number of rotatable bonds is 4. The second kappa shape index (κ2) is 5.52. The highest BCUT2D eigenvalue weighted by Gasteiger charge is 2.28. The van der Waals surface area contributed by atoms with Gasteiger partial charge in [0.25, 0.3) is 0 Å². The van der Waals surface area contributed by atoms with Crippen LogP contribution in [0.25, 0.3) is 0 Å². The molecule has 1 aromatic rings. The second-order valence-corrected chi connectivity index (χ2v) is 4.87. The number of aromatic hydroxyl groups is 1. The quantitative estimate of drug-likeness (QED) is 0.839. The molecule has 1 aromatic carbocycles. The molecule has 2 unspecified atom stereocenters. The van der Waals surface area contributed by atoms with E-state index in [2.05, 4.69) is 11.8 Å². The van der Waals surface area contributed by atoms with Crippen LogP contribution in [0.2, 0.25) is 0 Å². The summed E-state index contributed by atoms with van der Waals surface area (Å²) < 4.78 is 0. The van der Waals surface area contributed by atoms with E-state index in [-0.39, 0.29) is 0 Å². The molecular formula is C14H22N2O. The molecule has 3 nitrogen and oxygen atoms in total. The Kier molecular flexibility index (Phi) is 4.02. The Morgan fingerprint density at radius 2 is 2.24 bits per heavy atom. The van der Waals surface area contributed by atoms with Gasteiger partial charge in [-0.15, -0.1) is 0 Å². The number of nitrogens with zero attached hydrogens (tertiary/aromatic N) is 1. The fraction of sp³-hybridized carbons (Fsp3) is 0.571. The van der Waals surface area contributed by atoms with Gasteiger partial charge < -0.3 is 10.8 Å². The summed E-state index contributed by atoms with van der Waals surface area (Å²) >= 11 is 0. The molecule has 1 fully saturated rings. The first kappa shape index (κ1) is 12.4. The SMILES string of the molecule is CCC(c1ccccc1O)N1CCC(CN)C1. The number of hydrogen-bond acceptors (Lipinski definition) is 3. The van der Waals surface area contributed by atoms with Gasteiger partial charge in [0.15, 0.2) is 0 Å². The van der Waals surface area contributed by atoms with Crippen LogP contribution in [0, 0.1) is 5.92 Å². The minimum Gasteiger partial charge on any atom is -0.508 e. The Labute approximate surface area is 103 Å². The smallest absolute Gasteiger partial charge is 0.120 e. The normalized spacial score (nSPS) is 22.8. The van der Waals surface area contributed by atoms with Crippen LogP contribution in [0.5, 0.6) is 5.75 Å². The van der Waals surface area contributed by atoms with E-state index in [1.807, 2.05) is 18.2 Å². The number of nitrogens with two attached hydrogens (primary N) is 1. The van der Waals surface area contributed by atoms with Crippen LogP contribution < -0.4 is 5.73 Å². The van der Waals surface area contributed by atoms with Crippen LogP contribution in [0.4, 0.5) is 0 Å². The molecule has 0 spiro atoms. The molecule has 0 radical (unpaired) electrons. The molecule has 0 saturated carbocycles. The van der Waals surface area contributed by atoms with E-state index in [0.717, 1.165) is 31.6 Å². The summed E-state index contributed by atoms with van der Waals surface area (Å²) in [5.74, 6) is 1.03. The maximum atomic E-state index is 9.94. The van der Waals surface area contributed by atoms with Crippen LogP contribution in [0.3, 0.4) is 0 Å². The first-order chi connectivity index (χ1) is 8.26. The van der Waals surface area contributed by atoms with Crippen molar-refractivity contribution in [2.45, 2.75) is 25.8 Å². The molecule has 17 heavy (non-hydrogen) atoms. The topological polar surface area (TPSA) is 49.5 Å². The third-order valence-electron chi connectivity index (χ3n) is 3.77. The van der Waals surface area contributed by atoms with Crippen molar-refractivity contribution >= 4 is 0 Å². The number of phenols is 1. The van der Waals surface area contributed by atoms with Gasteiger partial charge in [-0.2, -0.15) is 0 Å². The van der Waals surface area contributed by atoms with Crippen molar-refractivity contribution in [3.05, 3.63) is 29.8 Å². The standard InChI is InChI=1S/C14H22N2O/c1-2-13(12-5-3-4-6-14(12)17)16-8-7-11(9-15)10-16/h3-6,11,13,17H,2,7-10,15H2,1H3. The lowest BCUT2D eigenvalue weighted by atomic mass is 10.0. The maximum Gasteiger partial charge on any atom is 0.120 e. The van der Waals surface area contributed by atoms with Crippen molar-refractivity contribution < 1.29 is 5.11 Å². The van der Waals surface area contributed by atoms with Crippen molar-refractivity contribution in [1.82, 2.24) is 4.90 Å². The highest BCUT2D eigenvalue weighted by Crippen LogP contribution is 2.34. The monoisotopic (exact) mass is 234 g/mol. The third-order valence-corrected chi connectivity index (χ3v) is 3.77. The van der Waals surface area contributed by atoms with Gasteiger partial charge in [0, 0.05) is 18.2 Å². The van der Waals surface area contributed by atoms with E-state index < -0.39 is 0 Å². The van der Waals surface area contributed by atoms with Crippen molar-refractivity contribution in [1.29, 1.82) is 0 Å². The zero-order valence-electron chi connectivity index (χ0n) is 10.5. The predicted octanol–water partition coefficient (Wildman–Crippen LogP) is 2.12. The molecule has 1 saturated heterocycles. The summed E-state index contributed by atoms with van der Waals surface area (Å²) in [5, 5.41) is 9.94. The Morgan fingerprint density at radius 1 is 1.47 bits per heavy atom. The molecule has 1 heterocycles. The fourth-order valence-corrected chi connectivity index (χ4v) is 2.78. The molecule has 94 valence electrons. The molecule has 0 aromatic heterocycles. The number of phenolic OH excluding ortho intramolecular Hbond substituents is 1. The lowest BCUT2D eigenvalue weighted by Gasteiger charge is -2.27. The van der Waals surface area contributed by atoms with Gasteiger partial charge in [-0.25, -0.2) is 0 Å². The van der Waals surface area contributed by atoms with E-state index >= 15 is 0 Å². The number of likely N-dealkylation sites (tertiary alicyclic amines) is 1. The molecule has 0 aliphatic carbocycles. The first-order valence-corrected chi connectivity index (χ1v) is 6.48. The highest BCUT2D eigenvalue weighted by atomic mass is 16.3. The lowest BCUT2D eigenvalue weighted by molar-refractivity contribution is 0.226. The summed E-state index contributed by atoms with van der Waals surface area (Å²) in [6.45, 7) is 5.10. The molecule has 3 N–H and O–H groups in total. The van der Waals surface area contributed by atoms with Crippen molar-refractivity contribution in [2.24, 2.45) is 11.7 Å². The number of benzene rings is 1. The van der Waals surface area contributed by atoms with Crippen LogP contribution in [0.15, 0.2) is 24.3 Å². The second-order valence-electron chi connectivity index (χ2n) is 4.87. The summed E-state index contributed by atoms with van der Waals surface area (Å²) in [6.07, 6.45) is 2.20. The molecule has 2 rings (SSSR count). The van der Waals surface area contributed by atoms with Crippen molar-refractivity contribution in [3.8, 4) is 5.75 Å². The molecule has 1 aliphatic heterocycles. The molecule has 1 aliphatic rings. The third kappa shape index (κ3) is 2.61. The first-order valence-electron chi connectivity index (χ1n) is 6.48. The van der Waals surface area contributed by atoms with E-state index in [1.54, 1.807) is 6.07 Å². The molecule has 2 atom stereocenters. The maximum absolute atomic E-state index is 9.94. The van der Waals surface area contributed by atoms with Gasteiger partial charge in [0.2, 0.25) is 0 Å². The Hall–Kier alpha value is -1.06. The minimum atomic E-state index is 0.327. The molecule has 0 bridgehead atoms. The van der Waals surface area contributed by atoms with Gasteiger partial charge in [-0.05, 0) is 37.9 Å². The largest absolute Gasteiger partial charge is 0.508 e. The molecule has 0 amide bonds. The average Bonchev–Trinajstić information content (AvgIpc) is 2.81. The van der Waals surface area contributed by atoms with Crippen LogP contribution in [-0.2, 0) is 0 Å². The van der Waals surface area contributed by atoms with Crippen LogP contribution >= 0.6 is 0 Å². The summed E-state index contributed by atoms with van der Waals surface area (Å²) in [6, 6.07) is 7.99. The van der Waals surface area contributed by atoms with E-state index in [9.17, 15) is 5.11 Å². The average molecular weight is 234 g/mol. The van der Waals surface area contributed by atoms with E-state index in [1.165, 1.54) is 6.42 Å². The minimum absolute atomic E-state index is 0.327. The zero-order chi connectivity index (χ0) is 12.3. The number of hydrogen-bond donors (Lipinski definition) is 2. The zero-order valence-corrected chi connectivity index (χ0v) is 10.5. The highest BCUT2D eigenvalue weighted by molar-refractivity contribution is 5.34. The summed E-state index contributed by atoms with van der Waals surface area (Å²) in [4.78, 5) is 2.45. The van der Waals surface area contributed by atoms with Gasteiger partial charge in [0.1, 0.15) is 5.75 Å². The Balaban J connectivity index is 2.15.